The van der Waals surface area contributed by atoms with E-state index in [2.05, 4.69) is 40.2 Å². The highest BCUT2D eigenvalue weighted by molar-refractivity contribution is 5.81. The average Bonchev–Trinajstić information content (AvgIpc) is 2.92. The van der Waals surface area contributed by atoms with Gasteiger partial charge in [0, 0.05) is 29.7 Å². The molecule has 0 spiro atoms. The summed E-state index contributed by atoms with van der Waals surface area (Å²) in [5, 5.41) is 48.8. The summed E-state index contributed by atoms with van der Waals surface area (Å²) in [5.74, 6) is -2.44. The highest BCUT2D eigenvalue weighted by Crippen LogP contribution is 2.18. The van der Waals surface area contributed by atoms with Crippen molar-refractivity contribution >= 4 is 23.9 Å². The van der Waals surface area contributed by atoms with Crippen LogP contribution in [0.25, 0.3) is 0 Å². The zero-order chi connectivity index (χ0) is 31.7. The Balaban J connectivity index is -0.000000136. The summed E-state index contributed by atoms with van der Waals surface area (Å²) in [6, 6.07) is 0. The second-order valence-corrected chi connectivity index (χ2v) is 8.28. The van der Waals surface area contributed by atoms with E-state index >= 15 is 0 Å². The minimum atomic E-state index is -0.981. The minimum absolute atomic E-state index is 0.156. The lowest BCUT2D eigenvalue weighted by Crippen LogP contribution is -2.32. The number of esters is 1. The Hall–Kier alpha value is -3.28. The fourth-order valence-electron chi connectivity index (χ4n) is 1.90. The summed E-state index contributed by atoms with van der Waals surface area (Å²) in [6.45, 7) is 18.6. The van der Waals surface area contributed by atoms with E-state index in [1.165, 1.54) is 31.8 Å². The van der Waals surface area contributed by atoms with Gasteiger partial charge in [0.15, 0.2) is 0 Å². The Bertz CT molecular complexity index is 606. The van der Waals surface area contributed by atoms with Crippen molar-refractivity contribution in [3.63, 3.8) is 0 Å². The summed E-state index contributed by atoms with van der Waals surface area (Å²) < 4.78 is 4.88. The number of unbranched alkanes of at least 4 members (excludes halogenated alkanes) is 4. The third kappa shape index (κ3) is 48.4. The van der Waals surface area contributed by atoms with Crippen LogP contribution in [0.3, 0.4) is 0 Å². The summed E-state index contributed by atoms with van der Waals surface area (Å²) in [4.78, 5) is 38.4. The van der Waals surface area contributed by atoms with Crippen LogP contribution in [-0.2, 0) is 23.9 Å². The molecule has 11 heteroatoms. The van der Waals surface area contributed by atoms with E-state index in [9.17, 15) is 19.2 Å². The second-order valence-electron chi connectivity index (χ2n) is 8.28. The number of aliphatic carboxylic acids is 3. The van der Waals surface area contributed by atoms with Crippen LogP contribution in [-0.4, -0.2) is 80.9 Å². The number of ether oxygens (including phenoxy) is 1. The molecular weight excluding hydrogens is 512 g/mol. The third-order valence-electron chi connectivity index (χ3n) is 4.62. The smallest absolute Gasteiger partial charge is 0.330 e. The van der Waals surface area contributed by atoms with E-state index in [4.69, 9.17) is 35.4 Å². The predicted octanol–water partition coefficient (Wildman–Crippen LogP) is 3.84. The standard InChI is InChI=1S/C13H24O2.C6H14O3.3C3H4O2/c1-4-13(14)15-11-9-7-5-6-8-10-12(2)3;1-2-6(3-7,4-8)5-9;3*1-2-3(4)5/h4,12H,1,5-11H2,2-3H3;7-9H,2-5H2,1H3;3*2H,1H2,(H,4,5). The molecule has 6 N–H and O–H groups in total. The molecule has 0 saturated carbocycles. The minimum Gasteiger partial charge on any atom is -0.478 e. The maximum absolute atomic E-state index is 10.7. The highest BCUT2D eigenvalue weighted by atomic mass is 16.5. The Labute approximate surface area is 232 Å². The van der Waals surface area contributed by atoms with E-state index in [1.54, 1.807) is 0 Å². The zero-order valence-corrected chi connectivity index (χ0v) is 23.7. The first-order chi connectivity index (χ1) is 18.2. The lowest BCUT2D eigenvalue weighted by Gasteiger charge is -2.24. The van der Waals surface area contributed by atoms with E-state index in [1.807, 2.05) is 6.92 Å². The van der Waals surface area contributed by atoms with Crippen LogP contribution in [0.5, 0.6) is 0 Å². The molecule has 0 aromatic heterocycles. The molecule has 0 aliphatic carbocycles. The first-order valence-electron chi connectivity index (χ1n) is 12.4. The molecule has 0 amide bonds. The normalized spacial score (nSPS) is 9.21. The molecule has 0 aromatic rings. The van der Waals surface area contributed by atoms with Gasteiger partial charge in [-0.05, 0) is 18.8 Å². The van der Waals surface area contributed by atoms with Gasteiger partial charge >= 0.3 is 23.9 Å². The number of carboxylic acids is 3. The van der Waals surface area contributed by atoms with Gasteiger partial charge in [0.2, 0.25) is 0 Å². The lowest BCUT2D eigenvalue weighted by molar-refractivity contribution is -0.138. The van der Waals surface area contributed by atoms with Gasteiger partial charge in [-0.3, -0.25) is 0 Å². The van der Waals surface area contributed by atoms with Crippen molar-refractivity contribution in [1.82, 2.24) is 0 Å². The molecule has 0 heterocycles. The highest BCUT2D eigenvalue weighted by Gasteiger charge is 2.24. The molecule has 0 unspecified atom stereocenters. The molecule has 11 nitrogen and oxygen atoms in total. The largest absolute Gasteiger partial charge is 0.478 e. The summed E-state index contributed by atoms with van der Waals surface area (Å²) in [6.07, 6.45) is 11.6. The van der Waals surface area contributed by atoms with Crippen molar-refractivity contribution in [1.29, 1.82) is 0 Å². The molecule has 0 aromatic carbocycles. The van der Waals surface area contributed by atoms with E-state index in [0.717, 1.165) is 37.0 Å². The van der Waals surface area contributed by atoms with Crippen molar-refractivity contribution in [2.45, 2.75) is 65.7 Å². The van der Waals surface area contributed by atoms with Crippen LogP contribution in [0.15, 0.2) is 50.6 Å². The number of aliphatic hydroxyl groups is 3. The Morgan fingerprint density at radius 3 is 1.26 bits per heavy atom. The number of carboxylic acid groups (broad SMARTS) is 3. The zero-order valence-electron chi connectivity index (χ0n) is 23.7. The number of carbonyl (C=O) groups excluding carboxylic acids is 1. The summed E-state index contributed by atoms with van der Waals surface area (Å²) >= 11 is 0. The Morgan fingerprint density at radius 1 is 0.692 bits per heavy atom. The van der Waals surface area contributed by atoms with Gasteiger partial charge < -0.3 is 35.4 Å². The van der Waals surface area contributed by atoms with Gasteiger partial charge in [-0.15, -0.1) is 0 Å². The van der Waals surface area contributed by atoms with Crippen LogP contribution in [0, 0.1) is 11.3 Å². The van der Waals surface area contributed by atoms with Crippen LogP contribution in [0.4, 0.5) is 0 Å². The van der Waals surface area contributed by atoms with Gasteiger partial charge in [-0.25, -0.2) is 19.2 Å². The van der Waals surface area contributed by atoms with Crippen molar-refractivity contribution in [2.75, 3.05) is 26.4 Å². The molecule has 0 aliphatic rings. The molecular formula is C28H50O11. The number of hydrogen-bond acceptors (Lipinski definition) is 8. The fraction of sp³-hybridized carbons (Fsp3) is 0.571. The molecule has 0 aliphatic heterocycles. The summed E-state index contributed by atoms with van der Waals surface area (Å²) in [5.41, 5.74) is -0.667. The van der Waals surface area contributed by atoms with Gasteiger partial charge in [-0.2, -0.15) is 0 Å². The molecule has 39 heavy (non-hydrogen) atoms. The number of carbonyl (C=O) groups is 4. The van der Waals surface area contributed by atoms with Gasteiger partial charge in [0.25, 0.3) is 0 Å². The van der Waals surface area contributed by atoms with Gasteiger partial charge in [0.1, 0.15) is 0 Å². The Morgan fingerprint density at radius 2 is 1.03 bits per heavy atom. The third-order valence-corrected chi connectivity index (χ3v) is 4.62. The van der Waals surface area contributed by atoms with Crippen LogP contribution in [0.2, 0.25) is 0 Å². The van der Waals surface area contributed by atoms with Crippen molar-refractivity contribution in [3.8, 4) is 0 Å². The lowest BCUT2D eigenvalue weighted by atomic mass is 9.88. The SMILES string of the molecule is C=CC(=O)O.C=CC(=O)O.C=CC(=O)O.C=CC(=O)OCCCCCCCC(C)C.CCC(CO)(CO)CO. The summed E-state index contributed by atoms with van der Waals surface area (Å²) in [7, 11) is 0. The fourth-order valence-corrected chi connectivity index (χ4v) is 1.90. The average molecular weight is 563 g/mol. The maximum Gasteiger partial charge on any atom is 0.330 e. The Kier molecular flexibility index (Phi) is 40.6. The van der Waals surface area contributed by atoms with E-state index < -0.39 is 23.3 Å². The first-order valence-corrected chi connectivity index (χ1v) is 12.4. The molecule has 0 bridgehead atoms. The predicted molar refractivity (Wildman–Crippen MR) is 151 cm³/mol. The van der Waals surface area contributed by atoms with Crippen LogP contribution in [0.1, 0.15) is 65.7 Å². The molecule has 0 rings (SSSR count). The molecule has 0 radical (unpaired) electrons. The second kappa shape index (κ2) is 34.7. The molecule has 0 saturated heterocycles. The van der Waals surface area contributed by atoms with E-state index in [0.29, 0.717) is 13.0 Å². The van der Waals surface area contributed by atoms with Crippen LogP contribution < -0.4 is 0 Å². The maximum atomic E-state index is 10.7. The van der Waals surface area contributed by atoms with Crippen molar-refractivity contribution in [2.24, 2.45) is 11.3 Å². The topological polar surface area (TPSA) is 199 Å². The number of rotatable bonds is 16. The first kappa shape index (κ1) is 45.6. The van der Waals surface area contributed by atoms with Gasteiger partial charge in [0.05, 0.1) is 26.4 Å². The quantitative estimate of drug-likeness (QED) is 0.0907. The molecule has 0 atom stereocenters. The van der Waals surface area contributed by atoms with Crippen molar-refractivity contribution in [3.05, 3.63) is 50.6 Å². The van der Waals surface area contributed by atoms with Gasteiger partial charge in [-0.1, -0.05) is 79.2 Å². The molecule has 228 valence electrons. The van der Waals surface area contributed by atoms with Crippen molar-refractivity contribution < 1.29 is 54.6 Å². The number of hydrogen-bond donors (Lipinski definition) is 6. The number of aliphatic hydroxyl groups excluding tert-OH is 3. The molecule has 0 fully saturated rings. The van der Waals surface area contributed by atoms with E-state index in [-0.39, 0.29) is 25.8 Å². The monoisotopic (exact) mass is 562 g/mol. The van der Waals surface area contributed by atoms with Crippen LogP contribution >= 0.6 is 0 Å².